The molecule has 6 nitrogen and oxygen atoms in total. The average Bonchev–Trinajstić information content (AvgIpc) is 2.93. The second-order valence-electron chi connectivity index (χ2n) is 8.73. The first-order chi connectivity index (χ1) is 14.5. The second kappa shape index (κ2) is 9.75. The summed E-state index contributed by atoms with van der Waals surface area (Å²) in [4.78, 5) is 11.0. The summed E-state index contributed by atoms with van der Waals surface area (Å²) < 4.78 is 18.6. The van der Waals surface area contributed by atoms with Crippen LogP contribution in [0, 0.1) is 13.8 Å². The van der Waals surface area contributed by atoms with Crippen LogP contribution in [0.3, 0.4) is 0 Å². The highest BCUT2D eigenvalue weighted by Gasteiger charge is 2.52. The molecule has 0 atom stereocenters. The number of hydrogen-bond acceptors (Lipinski definition) is 6. The van der Waals surface area contributed by atoms with Gasteiger partial charge >= 0.3 is 7.12 Å². The molecule has 9 heteroatoms. The van der Waals surface area contributed by atoms with E-state index in [0.717, 1.165) is 53.4 Å². The predicted molar refractivity (Wildman–Crippen MR) is 129 cm³/mol. The molecule has 2 aliphatic rings. The predicted octanol–water partition coefficient (Wildman–Crippen LogP) is 4.33. The van der Waals surface area contributed by atoms with Gasteiger partial charge in [-0.2, -0.15) is 0 Å². The monoisotopic (exact) mass is 509 g/mol. The summed E-state index contributed by atoms with van der Waals surface area (Å²) in [7, 11) is -0.351. The number of rotatable bonds is 2. The van der Waals surface area contributed by atoms with Crippen molar-refractivity contribution in [3.63, 3.8) is 0 Å². The summed E-state index contributed by atoms with van der Waals surface area (Å²) in [6.07, 6.45) is 0. The van der Waals surface area contributed by atoms with Crippen molar-refractivity contribution in [1.29, 1.82) is 0 Å². The summed E-state index contributed by atoms with van der Waals surface area (Å²) in [5.74, 6) is 1.00. The number of anilines is 1. The molecule has 0 unspecified atom stereocenters. The Morgan fingerprint density at radius 3 is 2.06 bits per heavy atom. The van der Waals surface area contributed by atoms with Gasteiger partial charge in [-0.05, 0) is 75.7 Å². The van der Waals surface area contributed by atoms with Gasteiger partial charge < -0.3 is 18.9 Å². The van der Waals surface area contributed by atoms with Gasteiger partial charge in [0.25, 0.3) is 0 Å². The summed E-state index contributed by atoms with van der Waals surface area (Å²) >= 11 is 8.89. The van der Waals surface area contributed by atoms with Gasteiger partial charge in [0.2, 0.25) is 0 Å². The summed E-state index contributed by atoms with van der Waals surface area (Å²) in [6.45, 7) is 15.5. The van der Waals surface area contributed by atoms with E-state index in [1.807, 2.05) is 19.9 Å². The zero-order valence-corrected chi connectivity index (χ0v) is 21.4. The number of morpholine rings is 1. The minimum absolute atomic E-state index is 0.326. The Labute approximate surface area is 198 Å². The van der Waals surface area contributed by atoms with Crippen molar-refractivity contribution >= 4 is 45.9 Å². The molecule has 2 aliphatic heterocycles. The third-order valence-corrected chi connectivity index (χ3v) is 6.99. The molecule has 0 aromatic carbocycles. The molecule has 0 amide bonds. The molecule has 2 saturated heterocycles. The number of pyridine rings is 2. The lowest BCUT2D eigenvalue weighted by atomic mass is 9.78. The third-order valence-electron chi connectivity index (χ3n) is 5.94. The van der Waals surface area contributed by atoms with Crippen molar-refractivity contribution in [3.8, 4) is 0 Å². The highest BCUT2D eigenvalue weighted by atomic mass is 79.9. The molecule has 0 spiro atoms. The first-order valence-electron chi connectivity index (χ1n) is 10.4. The molecule has 168 valence electrons. The van der Waals surface area contributed by atoms with Crippen LogP contribution < -0.4 is 10.4 Å². The number of aromatic nitrogens is 2. The molecule has 0 bridgehead atoms. The Kier molecular flexibility index (Phi) is 7.69. The molecular formula is C22H30BBrClN3O3. The highest BCUT2D eigenvalue weighted by molar-refractivity contribution is 9.10. The molecule has 2 aromatic heterocycles. The fourth-order valence-electron chi connectivity index (χ4n) is 3.26. The molecule has 4 heterocycles. The van der Waals surface area contributed by atoms with Gasteiger partial charge in [0, 0.05) is 28.7 Å². The minimum atomic E-state index is -0.351. The van der Waals surface area contributed by atoms with E-state index in [1.165, 1.54) is 0 Å². The number of hydrogen-bond donors (Lipinski definition) is 0. The molecular weight excluding hydrogens is 480 g/mol. The van der Waals surface area contributed by atoms with E-state index >= 15 is 0 Å². The van der Waals surface area contributed by atoms with Gasteiger partial charge in [-0.3, -0.25) is 0 Å². The van der Waals surface area contributed by atoms with Crippen molar-refractivity contribution in [3.05, 3.63) is 45.3 Å². The zero-order chi connectivity index (χ0) is 22.8. The van der Waals surface area contributed by atoms with Crippen LogP contribution in [0.2, 0.25) is 5.15 Å². The first-order valence-corrected chi connectivity index (χ1v) is 11.6. The van der Waals surface area contributed by atoms with Crippen LogP contribution in [0.25, 0.3) is 0 Å². The molecule has 31 heavy (non-hydrogen) atoms. The Morgan fingerprint density at radius 1 is 0.935 bits per heavy atom. The fourth-order valence-corrected chi connectivity index (χ4v) is 3.67. The topological polar surface area (TPSA) is 56.7 Å². The van der Waals surface area contributed by atoms with E-state index in [-0.39, 0.29) is 18.3 Å². The Balaban J connectivity index is 0.000000254. The van der Waals surface area contributed by atoms with Crippen molar-refractivity contribution in [2.75, 3.05) is 31.2 Å². The molecule has 2 fully saturated rings. The highest BCUT2D eigenvalue weighted by Crippen LogP contribution is 2.36. The molecule has 2 aromatic rings. The van der Waals surface area contributed by atoms with Gasteiger partial charge in [0.1, 0.15) is 11.0 Å². The molecule has 0 radical (unpaired) electrons. The molecule has 0 saturated carbocycles. The van der Waals surface area contributed by atoms with Gasteiger partial charge in [0.15, 0.2) is 0 Å². The maximum atomic E-state index is 6.12. The zero-order valence-electron chi connectivity index (χ0n) is 19.0. The number of halogens is 2. The lowest BCUT2D eigenvalue weighted by molar-refractivity contribution is 0.00578. The third kappa shape index (κ3) is 5.79. The number of aryl methyl sites for hydroxylation is 2. The quantitative estimate of drug-likeness (QED) is 0.443. The standard InChI is InChI=1S/C16H25BN2O3.C6H5BrClN/c1-12-13(17-21-15(2,3)16(4,5)22-17)6-7-14(18-12)19-8-10-20-11-9-19;1-4-5(7)2-3-6(8)9-4/h6-7H,8-11H2,1-5H3;2-3H,1H3. The van der Waals surface area contributed by atoms with Crippen LogP contribution in [-0.2, 0) is 14.0 Å². The average molecular weight is 511 g/mol. The Morgan fingerprint density at radius 2 is 1.55 bits per heavy atom. The van der Waals surface area contributed by atoms with Crippen molar-refractivity contribution in [2.24, 2.45) is 0 Å². The van der Waals surface area contributed by atoms with E-state index in [4.69, 9.17) is 30.6 Å². The maximum absolute atomic E-state index is 6.12. The lowest BCUT2D eigenvalue weighted by Crippen LogP contribution is -2.41. The summed E-state index contributed by atoms with van der Waals surface area (Å²) in [5, 5.41) is 0.538. The van der Waals surface area contributed by atoms with Crippen molar-refractivity contribution < 1.29 is 14.0 Å². The smallest absolute Gasteiger partial charge is 0.399 e. The summed E-state index contributed by atoms with van der Waals surface area (Å²) in [5.41, 5.74) is 2.24. The first kappa shape index (κ1) is 24.5. The van der Waals surface area contributed by atoms with Gasteiger partial charge in [-0.1, -0.05) is 17.7 Å². The number of ether oxygens (including phenoxy) is 1. The Bertz CT molecular complexity index is 907. The molecule has 0 aliphatic carbocycles. The van der Waals surface area contributed by atoms with Crippen LogP contribution >= 0.6 is 27.5 Å². The molecule has 4 rings (SSSR count). The van der Waals surface area contributed by atoms with E-state index in [9.17, 15) is 0 Å². The van der Waals surface area contributed by atoms with E-state index in [2.05, 4.69) is 65.6 Å². The lowest BCUT2D eigenvalue weighted by Gasteiger charge is -2.32. The van der Waals surface area contributed by atoms with Gasteiger partial charge in [0.05, 0.1) is 30.1 Å². The van der Waals surface area contributed by atoms with Crippen LogP contribution in [-0.4, -0.2) is 54.6 Å². The minimum Gasteiger partial charge on any atom is -0.399 e. The Hall–Kier alpha value is -1.19. The number of nitrogens with zero attached hydrogens (tertiary/aromatic N) is 3. The van der Waals surface area contributed by atoms with E-state index in [1.54, 1.807) is 6.07 Å². The molecule has 0 N–H and O–H groups in total. The van der Waals surface area contributed by atoms with Gasteiger partial charge in [-0.25, -0.2) is 9.97 Å². The van der Waals surface area contributed by atoms with Crippen LogP contribution in [0.4, 0.5) is 5.82 Å². The van der Waals surface area contributed by atoms with E-state index < -0.39 is 0 Å². The van der Waals surface area contributed by atoms with Crippen LogP contribution in [0.5, 0.6) is 0 Å². The summed E-state index contributed by atoms with van der Waals surface area (Å²) in [6, 6.07) is 7.76. The normalized spacial score (nSPS) is 19.7. The fraction of sp³-hybridized carbons (Fsp3) is 0.545. The van der Waals surface area contributed by atoms with E-state index in [0.29, 0.717) is 5.15 Å². The van der Waals surface area contributed by atoms with Crippen molar-refractivity contribution in [2.45, 2.75) is 52.7 Å². The van der Waals surface area contributed by atoms with Crippen LogP contribution in [0.1, 0.15) is 39.1 Å². The van der Waals surface area contributed by atoms with Gasteiger partial charge in [-0.15, -0.1) is 0 Å². The van der Waals surface area contributed by atoms with Crippen LogP contribution in [0.15, 0.2) is 28.7 Å². The largest absolute Gasteiger partial charge is 0.496 e. The van der Waals surface area contributed by atoms with Crippen molar-refractivity contribution in [1.82, 2.24) is 9.97 Å². The second-order valence-corrected chi connectivity index (χ2v) is 9.97. The maximum Gasteiger partial charge on any atom is 0.496 e. The SMILES string of the molecule is Cc1nc(Cl)ccc1Br.Cc1nc(N2CCOCC2)ccc1B1OC(C)(C)C(C)(C)O1.